The topological polar surface area (TPSA) is 73.8 Å². The second-order valence-corrected chi connectivity index (χ2v) is 9.90. The van der Waals surface area contributed by atoms with Crippen molar-refractivity contribution < 1.29 is 8.42 Å². The Morgan fingerprint density at radius 3 is 2.70 bits per heavy atom. The summed E-state index contributed by atoms with van der Waals surface area (Å²) < 4.78 is 25.7. The molecule has 1 aromatic carbocycles. The van der Waals surface area contributed by atoms with Crippen LogP contribution >= 0.6 is 35.7 Å². The van der Waals surface area contributed by atoms with E-state index in [0.717, 1.165) is 43.2 Å². The molecule has 0 amide bonds. The summed E-state index contributed by atoms with van der Waals surface area (Å²) in [6.45, 7) is 9.78. The Balaban J connectivity index is 0.00000364. The second-order valence-electron chi connectivity index (χ2n) is 6.80. The van der Waals surface area contributed by atoms with Gasteiger partial charge in [0.15, 0.2) is 5.96 Å². The lowest BCUT2D eigenvalue weighted by atomic mass is 10.1. The molecule has 27 heavy (non-hydrogen) atoms. The number of para-hydroxylation sites is 1. The number of thioether (sulfide) groups is 1. The van der Waals surface area contributed by atoms with Gasteiger partial charge in [-0.3, -0.25) is 4.72 Å². The van der Waals surface area contributed by atoms with Crippen molar-refractivity contribution in [2.75, 3.05) is 36.4 Å². The van der Waals surface area contributed by atoms with Crippen LogP contribution in [0.1, 0.15) is 26.3 Å². The third kappa shape index (κ3) is 8.06. The van der Waals surface area contributed by atoms with E-state index in [1.54, 1.807) is 6.07 Å². The summed E-state index contributed by atoms with van der Waals surface area (Å²) in [5, 5.41) is 3.98. The maximum Gasteiger partial charge on any atom is 0.229 e. The van der Waals surface area contributed by atoms with Gasteiger partial charge in [0.1, 0.15) is 0 Å². The molecule has 1 unspecified atom stereocenters. The predicted octanol–water partition coefficient (Wildman–Crippen LogP) is 3.22. The lowest BCUT2D eigenvalue weighted by Crippen LogP contribution is -2.49. The number of halogens is 1. The van der Waals surface area contributed by atoms with Gasteiger partial charge in [0, 0.05) is 30.6 Å². The van der Waals surface area contributed by atoms with Crippen LogP contribution in [0.4, 0.5) is 5.69 Å². The van der Waals surface area contributed by atoms with Gasteiger partial charge in [0.05, 0.1) is 18.5 Å². The van der Waals surface area contributed by atoms with Crippen molar-refractivity contribution in [1.29, 1.82) is 0 Å². The average Bonchev–Trinajstić information content (AvgIpc) is 2.58. The van der Waals surface area contributed by atoms with Crippen LogP contribution in [-0.2, 0) is 16.6 Å². The molecular weight excluding hydrogens is 495 g/mol. The molecule has 0 radical (unpaired) electrons. The summed E-state index contributed by atoms with van der Waals surface area (Å²) in [6.07, 6.45) is 1.16. The first kappa shape index (κ1) is 24.4. The minimum Gasteiger partial charge on any atom is -0.357 e. The van der Waals surface area contributed by atoms with E-state index >= 15 is 0 Å². The minimum absolute atomic E-state index is 0. The largest absolute Gasteiger partial charge is 0.357 e. The molecule has 1 fully saturated rings. The molecule has 1 heterocycles. The first-order valence-electron chi connectivity index (χ1n) is 9.00. The zero-order valence-electron chi connectivity index (χ0n) is 16.4. The third-order valence-electron chi connectivity index (χ3n) is 4.18. The molecule has 0 aromatic heterocycles. The quantitative estimate of drug-likeness (QED) is 0.339. The SMILES string of the molecule is CCNC(=NCc1ccccc1NS(C)(=O)=O)N1CCSC(C(C)C)C1.I. The fourth-order valence-corrected chi connectivity index (χ4v) is 4.71. The lowest BCUT2D eigenvalue weighted by molar-refractivity contribution is 0.381. The van der Waals surface area contributed by atoms with Crippen molar-refractivity contribution in [1.82, 2.24) is 10.2 Å². The van der Waals surface area contributed by atoms with Crippen LogP contribution in [0.3, 0.4) is 0 Å². The van der Waals surface area contributed by atoms with Gasteiger partial charge in [-0.2, -0.15) is 11.8 Å². The van der Waals surface area contributed by atoms with Gasteiger partial charge < -0.3 is 10.2 Å². The number of sulfonamides is 1. The van der Waals surface area contributed by atoms with Gasteiger partial charge in [-0.1, -0.05) is 32.0 Å². The van der Waals surface area contributed by atoms with Crippen molar-refractivity contribution in [3.63, 3.8) is 0 Å². The summed E-state index contributed by atoms with van der Waals surface area (Å²) in [5.41, 5.74) is 1.45. The van der Waals surface area contributed by atoms with Gasteiger partial charge >= 0.3 is 0 Å². The maximum absolute atomic E-state index is 11.6. The van der Waals surface area contributed by atoms with E-state index in [2.05, 4.69) is 35.7 Å². The number of aliphatic imine (C=N–C) groups is 1. The van der Waals surface area contributed by atoms with Crippen LogP contribution < -0.4 is 10.0 Å². The average molecular weight is 527 g/mol. The van der Waals surface area contributed by atoms with E-state index in [1.807, 2.05) is 30.0 Å². The number of nitrogens with zero attached hydrogens (tertiary/aromatic N) is 2. The number of rotatable bonds is 6. The minimum atomic E-state index is -3.31. The summed E-state index contributed by atoms with van der Waals surface area (Å²) in [7, 11) is -3.31. The Hall–Kier alpha value is -0.680. The Morgan fingerprint density at radius 2 is 2.07 bits per heavy atom. The summed E-state index contributed by atoms with van der Waals surface area (Å²) >= 11 is 2.03. The van der Waals surface area contributed by atoms with E-state index < -0.39 is 10.0 Å². The van der Waals surface area contributed by atoms with E-state index in [1.165, 1.54) is 0 Å². The van der Waals surface area contributed by atoms with Crippen LogP contribution in [0.5, 0.6) is 0 Å². The number of benzene rings is 1. The lowest BCUT2D eigenvalue weighted by Gasteiger charge is -2.36. The highest BCUT2D eigenvalue weighted by atomic mass is 127. The molecule has 154 valence electrons. The number of guanidine groups is 1. The number of anilines is 1. The second kappa shape index (κ2) is 11.4. The molecule has 6 nitrogen and oxygen atoms in total. The monoisotopic (exact) mass is 526 g/mol. The van der Waals surface area contributed by atoms with Crippen molar-refractivity contribution in [3.05, 3.63) is 29.8 Å². The molecule has 1 aromatic rings. The van der Waals surface area contributed by atoms with Crippen molar-refractivity contribution in [3.8, 4) is 0 Å². The maximum atomic E-state index is 11.6. The third-order valence-corrected chi connectivity index (χ3v) is 6.31. The standard InChI is InChI=1S/C18H30N4O2S2.HI/c1-5-19-18(22-10-11-25-17(13-22)14(2)3)20-12-15-8-6-7-9-16(15)21-26(4,23)24;/h6-9,14,17,21H,5,10-13H2,1-4H3,(H,19,20);1H. The Labute approximate surface area is 185 Å². The first-order chi connectivity index (χ1) is 12.3. The summed E-state index contributed by atoms with van der Waals surface area (Å²) in [5.74, 6) is 2.62. The summed E-state index contributed by atoms with van der Waals surface area (Å²) in [4.78, 5) is 7.10. The van der Waals surface area contributed by atoms with Crippen molar-refractivity contribution in [2.24, 2.45) is 10.9 Å². The van der Waals surface area contributed by atoms with Crippen molar-refractivity contribution in [2.45, 2.75) is 32.6 Å². The van der Waals surface area contributed by atoms with E-state index in [0.29, 0.717) is 23.4 Å². The molecular formula is C18H31IN4O2S2. The molecule has 9 heteroatoms. The van der Waals surface area contributed by atoms with Gasteiger partial charge in [-0.15, -0.1) is 24.0 Å². The highest BCUT2D eigenvalue weighted by Gasteiger charge is 2.24. The van der Waals surface area contributed by atoms with E-state index in [-0.39, 0.29) is 24.0 Å². The molecule has 1 aliphatic heterocycles. The molecule has 1 aliphatic rings. The number of hydrogen-bond donors (Lipinski definition) is 2. The number of hydrogen-bond acceptors (Lipinski definition) is 4. The van der Waals surface area contributed by atoms with Crippen LogP contribution in [0, 0.1) is 5.92 Å². The van der Waals surface area contributed by atoms with Crippen LogP contribution in [0.2, 0.25) is 0 Å². The molecule has 0 bridgehead atoms. The van der Waals surface area contributed by atoms with Gasteiger partial charge in [-0.25, -0.2) is 13.4 Å². The van der Waals surface area contributed by atoms with E-state index in [9.17, 15) is 8.42 Å². The first-order valence-corrected chi connectivity index (χ1v) is 11.9. The van der Waals surface area contributed by atoms with Gasteiger partial charge in [0.25, 0.3) is 0 Å². The van der Waals surface area contributed by atoms with Gasteiger partial charge in [0.2, 0.25) is 10.0 Å². The Morgan fingerprint density at radius 1 is 1.37 bits per heavy atom. The zero-order chi connectivity index (χ0) is 19.2. The highest BCUT2D eigenvalue weighted by Crippen LogP contribution is 2.25. The van der Waals surface area contributed by atoms with Gasteiger partial charge in [-0.05, 0) is 24.5 Å². The van der Waals surface area contributed by atoms with Crippen LogP contribution in [0.15, 0.2) is 29.3 Å². The molecule has 0 spiro atoms. The Kier molecular flexibility index (Phi) is 10.2. The van der Waals surface area contributed by atoms with E-state index in [4.69, 9.17) is 4.99 Å². The highest BCUT2D eigenvalue weighted by molar-refractivity contribution is 14.0. The zero-order valence-corrected chi connectivity index (χ0v) is 20.4. The summed E-state index contributed by atoms with van der Waals surface area (Å²) in [6, 6.07) is 7.40. The molecule has 1 saturated heterocycles. The van der Waals surface area contributed by atoms with Crippen LogP contribution in [-0.4, -0.2) is 56.2 Å². The number of nitrogens with one attached hydrogen (secondary N) is 2. The molecule has 0 saturated carbocycles. The molecule has 1 atom stereocenters. The molecule has 2 N–H and O–H groups in total. The van der Waals surface area contributed by atoms with Crippen molar-refractivity contribution >= 4 is 57.4 Å². The molecule has 0 aliphatic carbocycles. The molecule has 2 rings (SSSR count). The van der Waals surface area contributed by atoms with Crippen LogP contribution in [0.25, 0.3) is 0 Å². The predicted molar refractivity (Wildman–Crippen MR) is 128 cm³/mol. The Bertz CT molecular complexity index is 726. The smallest absolute Gasteiger partial charge is 0.229 e. The fourth-order valence-electron chi connectivity index (χ4n) is 2.81. The normalized spacial score (nSPS) is 18.2. The fraction of sp³-hybridized carbons (Fsp3) is 0.611.